The second kappa shape index (κ2) is 6.44. The first kappa shape index (κ1) is 15.0. The van der Waals surface area contributed by atoms with Gasteiger partial charge in [-0.3, -0.25) is 9.59 Å². The number of piperidine rings is 1. The molecule has 2 amide bonds. The van der Waals surface area contributed by atoms with Crippen LogP contribution < -0.4 is 16.0 Å². The summed E-state index contributed by atoms with van der Waals surface area (Å²) in [6.07, 6.45) is 2.32. The van der Waals surface area contributed by atoms with Crippen LogP contribution in [0.2, 0.25) is 0 Å². The smallest absolute Gasteiger partial charge is 0.228 e. The SMILES string of the molecule is O=C1CC(C(=O)NCC2CCCNC2)c2ccc(F)cc2N1. The Morgan fingerprint density at radius 2 is 2.27 bits per heavy atom. The highest BCUT2D eigenvalue weighted by Gasteiger charge is 2.31. The number of nitrogens with one attached hydrogen (secondary N) is 3. The lowest BCUT2D eigenvalue weighted by Crippen LogP contribution is -2.41. The van der Waals surface area contributed by atoms with E-state index in [9.17, 15) is 14.0 Å². The highest BCUT2D eigenvalue weighted by atomic mass is 19.1. The van der Waals surface area contributed by atoms with Crippen molar-refractivity contribution in [1.82, 2.24) is 10.6 Å². The first-order valence-corrected chi connectivity index (χ1v) is 7.71. The van der Waals surface area contributed by atoms with E-state index in [1.54, 1.807) is 6.07 Å². The zero-order valence-electron chi connectivity index (χ0n) is 12.3. The Labute approximate surface area is 128 Å². The molecule has 2 aliphatic rings. The Morgan fingerprint density at radius 1 is 1.41 bits per heavy atom. The van der Waals surface area contributed by atoms with Crippen molar-refractivity contribution < 1.29 is 14.0 Å². The van der Waals surface area contributed by atoms with Crippen molar-refractivity contribution in [3.63, 3.8) is 0 Å². The molecule has 0 bridgehead atoms. The normalized spacial score (nSPS) is 24.3. The standard InChI is InChI=1S/C16H20FN3O2/c17-11-3-4-12-13(7-15(21)20-14(12)6-11)16(22)19-9-10-2-1-5-18-8-10/h3-4,6,10,13,18H,1-2,5,7-9H2,(H,19,22)(H,20,21). The summed E-state index contributed by atoms with van der Waals surface area (Å²) >= 11 is 0. The minimum absolute atomic E-state index is 0.105. The third kappa shape index (κ3) is 3.27. The van der Waals surface area contributed by atoms with Crippen molar-refractivity contribution in [1.29, 1.82) is 0 Å². The summed E-state index contributed by atoms with van der Waals surface area (Å²) in [4.78, 5) is 24.2. The maximum Gasteiger partial charge on any atom is 0.228 e. The van der Waals surface area contributed by atoms with Crippen molar-refractivity contribution in [2.24, 2.45) is 5.92 Å². The van der Waals surface area contributed by atoms with E-state index in [-0.39, 0.29) is 18.2 Å². The molecule has 1 aromatic carbocycles. The van der Waals surface area contributed by atoms with Crippen LogP contribution in [0.3, 0.4) is 0 Å². The van der Waals surface area contributed by atoms with Crippen molar-refractivity contribution in [3.8, 4) is 0 Å². The number of fused-ring (bicyclic) bond motifs is 1. The van der Waals surface area contributed by atoms with Gasteiger partial charge in [0.25, 0.3) is 0 Å². The third-order valence-electron chi connectivity index (χ3n) is 4.33. The molecule has 3 N–H and O–H groups in total. The van der Waals surface area contributed by atoms with E-state index in [1.807, 2.05) is 0 Å². The first-order valence-electron chi connectivity index (χ1n) is 7.71. The molecule has 22 heavy (non-hydrogen) atoms. The molecule has 1 fully saturated rings. The Hall–Kier alpha value is -1.95. The van der Waals surface area contributed by atoms with E-state index in [0.717, 1.165) is 25.9 Å². The molecular weight excluding hydrogens is 285 g/mol. The van der Waals surface area contributed by atoms with Crippen LogP contribution in [0.4, 0.5) is 10.1 Å². The molecule has 2 atom stereocenters. The zero-order chi connectivity index (χ0) is 15.5. The number of carbonyl (C=O) groups excluding carboxylic acids is 2. The fourth-order valence-electron chi connectivity index (χ4n) is 3.14. The fourth-order valence-corrected chi connectivity index (χ4v) is 3.14. The molecule has 2 unspecified atom stereocenters. The van der Waals surface area contributed by atoms with Gasteiger partial charge in [0.1, 0.15) is 5.82 Å². The van der Waals surface area contributed by atoms with Gasteiger partial charge in [0.2, 0.25) is 11.8 Å². The van der Waals surface area contributed by atoms with Gasteiger partial charge >= 0.3 is 0 Å². The van der Waals surface area contributed by atoms with Gasteiger partial charge in [-0.15, -0.1) is 0 Å². The molecule has 2 aliphatic heterocycles. The largest absolute Gasteiger partial charge is 0.355 e. The minimum atomic E-state index is -0.541. The average Bonchev–Trinajstić information content (AvgIpc) is 2.52. The maximum absolute atomic E-state index is 13.3. The van der Waals surface area contributed by atoms with E-state index in [4.69, 9.17) is 0 Å². The molecule has 1 aromatic rings. The van der Waals surface area contributed by atoms with Crippen LogP contribution >= 0.6 is 0 Å². The minimum Gasteiger partial charge on any atom is -0.355 e. The molecule has 0 saturated carbocycles. The van der Waals surface area contributed by atoms with Crippen LogP contribution in [-0.4, -0.2) is 31.4 Å². The summed E-state index contributed by atoms with van der Waals surface area (Å²) in [6, 6.07) is 4.16. The van der Waals surface area contributed by atoms with E-state index in [1.165, 1.54) is 12.1 Å². The van der Waals surface area contributed by atoms with E-state index in [0.29, 0.717) is 23.7 Å². The highest BCUT2D eigenvalue weighted by Crippen LogP contribution is 2.32. The van der Waals surface area contributed by atoms with Gasteiger partial charge < -0.3 is 16.0 Å². The Bertz CT molecular complexity index is 585. The van der Waals surface area contributed by atoms with Crippen LogP contribution in [-0.2, 0) is 9.59 Å². The Morgan fingerprint density at radius 3 is 3.05 bits per heavy atom. The number of hydrogen-bond acceptors (Lipinski definition) is 3. The molecule has 0 aliphatic carbocycles. The zero-order valence-corrected chi connectivity index (χ0v) is 12.3. The number of amides is 2. The number of rotatable bonds is 3. The van der Waals surface area contributed by atoms with E-state index in [2.05, 4.69) is 16.0 Å². The van der Waals surface area contributed by atoms with Crippen LogP contribution in [0.15, 0.2) is 18.2 Å². The maximum atomic E-state index is 13.3. The molecule has 5 nitrogen and oxygen atoms in total. The highest BCUT2D eigenvalue weighted by molar-refractivity contribution is 6.01. The molecule has 1 saturated heterocycles. The molecule has 6 heteroatoms. The summed E-state index contributed by atoms with van der Waals surface area (Å²) in [5.41, 5.74) is 1.08. The molecule has 3 rings (SSSR count). The van der Waals surface area contributed by atoms with Crippen LogP contribution in [0.5, 0.6) is 0 Å². The van der Waals surface area contributed by atoms with Crippen molar-refractivity contribution >= 4 is 17.5 Å². The quantitative estimate of drug-likeness (QED) is 0.790. The van der Waals surface area contributed by atoms with Crippen LogP contribution in [0, 0.1) is 11.7 Å². The predicted octanol–water partition coefficient (Wildman–Crippen LogP) is 1.37. The lowest BCUT2D eigenvalue weighted by Gasteiger charge is -2.27. The summed E-state index contributed by atoms with van der Waals surface area (Å²) in [6.45, 7) is 2.56. The van der Waals surface area contributed by atoms with Gasteiger partial charge in [-0.2, -0.15) is 0 Å². The van der Waals surface area contributed by atoms with Crippen LogP contribution in [0.25, 0.3) is 0 Å². The Balaban J connectivity index is 1.68. The third-order valence-corrected chi connectivity index (χ3v) is 4.33. The fraction of sp³-hybridized carbons (Fsp3) is 0.500. The molecule has 0 aromatic heterocycles. The first-order chi connectivity index (χ1) is 10.6. The van der Waals surface area contributed by atoms with Gasteiger partial charge in [-0.05, 0) is 49.5 Å². The average molecular weight is 305 g/mol. The summed E-state index contributed by atoms with van der Waals surface area (Å²) < 4.78 is 13.3. The number of carbonyl (C=O) groups is 2. The summed E-state index contributed by atoms with van der Waals surface area (Å²) in [5.74, 6) is -0.942. The molecule has 0 radical (unpaired) electrons. The van der Waals surface area contributed by atoms with Crippen molar-refractivity contribution in [3.05, 3.63) is 29.6 Å². The van der Waals surface area contributed by atoms with Crippen LogP contribution in [0.1, 0.15) is 30.7 Å². The number of hydrogen-bond donors (Lipinski definition) is 3. The Kier molecular flexibility index (Phi) is 4.38. The molecule has 118 valence electrons. The van der Waals surface area contributed by atoms with Gasteiger partial charge in [0, 0.05) is 18.7 Å². The van der Waals surface area contributed by atoms with Crippen molar-refractivity contribution in [2.45, 2.75) is 25.2 Å². The van der Waals surface area contributed by atoms with Gasteiger partial charge in [-0.1, -0.05) is 6.07 Å². The van der Waals surface area contributed by atoms with Crippen molar-refractivity contribution in [2.75, 3.05) is 25.0 Å². The summed E-state index contributed by atoms with van der Waals surface area (Å²) in [7, 11) is 0. The summed E-state index contributed by atoms with van der Waals surface area (Å²) in [5, 5.41) is 8.88. The monoisotopic (exact) mass is 305 g/mol. The van der Waals surface area contributed by atoms with E-state index >= 15 is 0 Å². The van der Waals surface area contributed by atoms with E-state index < -0.39 is 11.7 Å². The topological polar surface area (TPSA) is 70.2 Å². The number of anilines is 1. The number of halogens is 1. The number of benzene rings is 1. The van der Waals surface area contributed by atoms with Gasteiger partial charge in [-0.25, -0.2) is 4.39 Å². The lowest BCUT2D eigenvalue weighted by atomic mass is 9.89. The van der Waals surface area contributed by atoms with Gasteiger partial charge in [0.15, 0.2) is 0 Å². The molecule has 2 heterocycles. The second-order valence-corrected chi connectivity index (χ2v) is 5.99. The van der Waals surface area contributed by atoms with Gasteiger partial charge in [0.05, 0.1) is 5.92 Å². The molecule has 0 spiro atoms. The lowest BCUT2D eigenvalue weighted by molar-refractivity contribution is -0.126. The second-order valence-electron chi connectivity index (χ2n) is 5.99. The molecular formula is C16H20FN3O2. The predicted molar refractivity (Wildman–Crippen MR) is 81.0 cm³/mol.